The molecule has 0 aromatic carbocycles. The van der Waals surface area contributed by atoms with Gasteiger partial charge in [-0.1, -0.05) is 52.4 Å². The predicted octanol–water partition coefficient (Wildman–Crippen LogP) is 3.84. The third kappa shape index (κ3) is 10.0. The zero-order valence-electron chi connectivity index (χ0n) is 9.97. The fraction of sp³-hybridized carbons (Fsp3) is 1.00. The summed E-state index contributed by atoms with van der Waals surface area (Å²) in [6.07, 6.45) is 10.0. The zero-order chi connectivity index (χ0) is 10.6. The Morgan fingerprint density at radius 3 is 1.86 bits per heavy atom. The standard InChI is InChI=1S/C12H27NO/c1-3-5-7-8-9-10-12-13(14)11-6-4-2/h14H,3-12H2,1-2H3. The van der Waals surface area contributed by atoms with Crippen molar-refractivity contribution in [1.29, 1.82) is 0 Å². The maximum atomic E-state index is 9.42. The topological polar surface area (TPSA) is 23.5 Å². The number of rotatable bonds is 10. The molecule has 0 saturated carbocycles. The van der Waals surface area contributed by atoms with Gasteiger partial charge in [0.05, 0.1) is 0 Å². The molecule has 0 atom stereocenters. The van der Waals surface area contributed by atoms with E-state index in [2.05, 4.69) is 13.8 Å². The normalized spacial score (nSPS) is 11.1. The molecular weight excluding hydrogens is 174 g/mol. The molecule has 0 unspecified atom stereocenters. The molecule has 0 bridgehead atoms. The summed E-state index contributed by atoms with van der Waals surface area (Å²) >= 11 is 0. The van der Waals surface area contributed by atoms with Gasteiger partial charge >= 0.3 is 0 Å². The lowest BCUT2D eigenvalue weighted by Crippen LogP contribution is -2.21. The van der Waals surface area contributed by atoms with Crippen LogP contribution in [0.1, 0.15) is 65.2 Å². The van der Waals surface area contributed by atoms with Crippen LogP contribution in [-0.2, 0) is 0 Å². The third-order valence-electron chi connectivity index (χ3n) is 2.54. The lowest BCUT2D eigenvalue weighted by atomic mass is 10.1. The first-order valence-corrected chi connectivity index (χ1v) is 6.25. The minimum absolute atomic E-state index is 0.839. The number of unbranched alkanes of at least 4 members (excludes halogenated alkanes) is 6. The highest BCUT2D eigenvalue weighted by Crippen LogP contribution is 2.05. The van der Waals surface area contributed by atoms with Gasteiger partial charge in [0, 0.05) is 13.1 Å². The van der Waals surface area contributed by atoms with Crippen LogP contribution in [0.2, 0.25) is 0 Å². The average molecular weight is 201 g/mol. The van der Waals surface area contributed by atoms with E-state index in [1.165, 1.54) is 37.2 Å². The molecule has 0 aromatic heterocycles. The molecule has 14 heavy (non-hydrogen) atoms. The summed E-state index contributed by atoms with van der Waals surface area (Å²) in [4.78, 5) is 0. The fourth-order valence-electron chi connectivity index (χ4n) is 1.53. The van der Waals surface area contributed by atoms with E-state index in [9.17, 15) is 5.21 Å². The van der Waals surface area contributed by atoms with Crippen molar-refractivity contribution in [2.75, 3.05) is 13.1 Å². The lowest BCUT2D eigenvalue weighted by molar-refractivity contribution is -0.0922. The summed E-state index contributed by atoms with van der Waals surface area (Å²) in [5.74, 6) is 0. The van der Waals surface area contributed by atoms with Crippen LogP contribution in [0.3, 0.4) is 0 Å². The van der Waals surface area contributed by atoms with Crippen LogP contribution in [0.25, 0.3) is 0 Å². The monoisotopic (exact) mass is 201 g/mol. The van der Waals surface area contributed by atoms with Crippen molar-refractivity contribution in [3.63, 3.8) is 0 Å². The van der Waals surface area contributed by atoms with Crippen LogP contribution >= 0.6 is 0 Å². The number of hydrogen-bond donors (Lipinski definition) is 1. The summed E-state index contributed by atoms with van der Waals surface area (Å²) in [7, 11) is 0. The Morgan fingerprint density at radius 1 is 0.714 bits per heavy atom. The molecular formula is C12H27NO. The van der Waals surface area contributed by atoms with Gasteiger partial charge in [-0.05, 0) is 12.8 Å². The van der Waals surface area contributed by atoms with E-state index in [0.29, 0.717) is 0 Å². The maximum Gasteiger partial charge on any atom is 0.0238 e. The predicted molar refractivity (Wildman–Crippen MR) is 61.6 cm³/mol. The highest BCUT2D eigenvalue weighted by atomic mass is 16.5. The van der Waals surface area contributed by atoms with Gasteiger partial charge in [0.2, 0.25) is 0 Å². The highest BCUT2D eigenvalue weighted by molar-refractivity contribution is 4.48. The largest absolute Gasteiger partial charge is 0.314 e. The van der Waals surface area contributed by atoms with Crippen molar-refractivity contribution in [2.45, 2.75) is 65.2 Å². The molecule has 0 saturated heterocycles. The number of hydrogen-bond acceptors (Lipinski definition) is 2. The van der Waals surface area contributed by atoms with E-state index < -0.39 is 0 Å². The SMILES string of the molecule is CCCCCCCCN(O)CCCC. The molecule has 0 aliphatic heterocycles. The molecule has 0 aliphatic rings. The molecule has 0 amide bonds. The smallest absolute Gasteiger partial charge is 0.0238 e. The van der Waals surface area contributed by atoms with E-state index in [1.807, 2.05) is 0 Å². The molecule has 0 fully saturated rings. The molecule has 2 heteroatoms. The van der Waals surface area contributed by atoms with Crippen LogP contribution in [0.4, 0.5) is 0 Å². The molecule has 0 heterocycles. The van der Waals surface area contributed by atoms with Gasteiger partial charge in [-0.15, -0.1) is 0 Å². The van der Waals surface area contributed by atoms with Crippen LogP contribution in [0.15, 0.2) is 0 Å². The van der Waals surface area contributed by atoms with Crippen LogP contribution in [0.5, 0.6) is 0 Å². The molecule has 0 rings (SSSR count). The second-order valence-electron chi connectivity index (χ2n) is 4.07. The molecule has 0 aliphatic carbocycles. The Kier molecular flexibility index (Phi) is 10.9. The van der Waals surface area contributed by atoms with E-state index in [1.54, 1.807) is 0 Å². The van der Waals surface area contributed by atoms with Gasteiger partial charge < -0.3 is 5.21 Å². The first-order valence-electron chi connectivity index (χ1n) is 6.25. The van der Waals surface area contributed by atoms with Gasteiger partial charge in [0.1, 0.15) is 0 Å². The first-order chi connectivity index (χ1) is 6.81. The fourth-order valence-corrected chi connectivity index (χ4v) is 1.53. The second-order valence-corrected chi connectivity index (χ2v) is 4.07. The van der Waals surface area contributed by atoms with E-state index >= 15 is 0 Å². The maximum absolute atomic E-state index is 9.42. The van der Waals surface area contributed by atoms with Crippen molar-refractivity contribution in [3.05, 3.63) is 0 Å². The number of hydroxylamine groups is 2. The zero-order valence-corrected chi connectivity index (χ0v) is 9.97. The Labute approximate surface area is 89.3 Å². The van der Waals surface area contributed by atoms with Crippen molar-refractivity contribution < 1.29 is 5.21 Å². The first kappa shape index (κ1) is 13.9. The molecule has 2 nitrogen and oxygen atoms in total. The second kappa shape index (κ2) is 11.0. The van der Waals surface area contributed by atoms with Crippen molar-refractivity contribution in [1.82, 2.24) is 5.06 Å². The van der Waals surface area contributed by atoms with Gasteiger partial charge in [0.15, 0.2) is 0 Å². The molecule has 1 N–H and O–H groups in total. The van der Waals surface area contributed by atoms with Gasteiger partial charge in [-0.3, -0.25) is 0 Å². The Bertz CT molecular complexity index is 106. The Balaban J connectivity index is 3.02. The molecule has 86 valence electrons. The minimum atomic E-state index is 0.839. The van der Waals surface area contributed by atoms with Crippen LogP contribution in [0, 0.1) is 0 Å². The molecule has 0 spiro atoms. The van der Waals surface area contributed by atoms with Crippen molar-refractivity contribution >= 4 is 0 Å². The summed E-state index contributed by atoms with van der Waals surface area (Å²) in [5.41, 5.74) is 0. The summed E-state index contributed by atoms with van der Waals surface area (Å²) < 4.78 is 0. The lowest BCUT2D eigenvalue weighted by Gasteiger charge is -2.13. The van der Waals surface area contributed by atoms with Crippen molar-refractivity contribution in [3.8, 4) is 0 Å². The Hall–Kier alpha value is -0.0800. The van der Waals surface area contributed by atoms with Crippen molar-refractivity contribution in [2.24, 2.45) is 0 Å². The van der Waals surface area contributed by atoms with Crippen LogP contribution in [-0.4, -0.2) is 23.4 Å². The molecule has 0 aromatic rings. The third-order valence-corrected chi connectivity index (χ3v) is 2.54. The minimum Gasteiger partial charge on any atom is -0.314 e. The molecule has 0 radical (unpaired) electrons. The van der Waals surface area contributed by atoms with E-state index in [4.69, 9.17) is 0 Å². The quantitative estimate of drug-likeness (QED) is 0.429. The highest BCUT2D eigenvalue weighted by Gasteiger charge is 1.98. The summed E-state index contributed by atoms with van der Waals surface area (Å²) in [6, 6.07) is 0. The van der Waals surface area contributed by atoms with Gasteiger partial charge in [-0.2, -0.15) is 5.06 Å². The average Bonchev–Trinajstić information content (AvgIpc) is 2.20. The van der Waals surface area contributed by atoms with E-state index in [-0.39, 0.29) is 0 Å². The van der Waals surface area contributed by atoms with Crippen LogP contribution < -0.4 is 0 Å². The van der Waals surface area contributed by atoms with E-state index in [0.717, 1.165) is 32.4 Å². The summed E-state index contributed by atoms with van der Waals surface area (Å²) in [5, 5.41) is 10.9. The Morgan fingerprint density at radius 2 is 1.21 bits per heavy atom. The van der Waals surface area contributed by atoms with Gasteiger partial charge in [0.25, 0.3) is 0 Å². The number of nitrogens with zero attached hydrogens (tertiary/aromatic N) is 1. The van der Waals surface area contributed by atoms with Gasteiger partial charge in [-0.25, -0.2) is 0 Å². The summed E-state index contributed by atoms with van der Waals surface area (Å²) in [6.45, 7) is 6.08.